The number of aliphatic hydroxyl groups is 1. The number of carbonyl (C=O) groups excluding carboxylic acids is 1. The van der Waals surface area contributed by atoms with Crippen molar-refractivity contribution in [1.29, 1.82) is 0 Å². The third-order valence-corrected chi connectivity index (χ3v) is 4.61. The van der Waals surface area contributed by atoms with Gasteiger partial charge in [0.2, 0.25) is 0 Å². The van der Waals surface area contributed by atoms with Crippen LogP contribution in [0.4, 0.5) is 4.79 Å². The second-order valence-electron chi connectivity index (χ2n) is 6.86. The number of hydrogen-bond donors (Lipinski definition) is 3. The number of benzene rings is 1. The van der Waals surface area contributed by atoms with Crippen LogP contribution in [-0.4, -0.2) is 54.9 Å². The summed E-state index contributed by atoms with van der Waals surface area (Å²) >= 11 is 0. The molecule has 5 nitrogen and oxygen atoms in total. The molecule has 1 aromatic carbocycles. The van der Waals surface area contributed by atoms with Gasteiger partial charge in [-0.05, 0) is 50.3 Å². The van der Waals surface area contributed by atoms with Crippen molar-refractivity contribution in [1.82, 2.24) is 15.5 Å². The molecule has 1 fully saturated rings. The minimum absolute atomic E-state index is 0.200. The van der Waals surface area contributed by atoms with Gasteiger partial charge in [-0.15, -0.1) is 0 Å². The molecule has 1 aliphatic heterocycles. The van der Waals surface area contributed by atoms with Crippen LogP contribution >= 0.6 is 0 Å². The number of amides is 2. The number of likely N-dealkylation sites (tertiary alicyclic amines) is 1. The maximum Gasteiger partial charge on any atom is 0.314 e. The standard InChI is InChI=1S/C19H31N3O2/c1-16-9-12-22(13-10-16)15-18(23)14-21-19(24)20-11-5-8-17-6-3-2-4-7-17/h2-4,6-7,16,18,23H,5,8-15H2,1H3,(H2,20,21,24). The smallest absolute Gasteiger partial charge is 0.314 e. The molecule has 0 saturated carbocycles. The van der Waals surface area contributed by atoms with E-state index in [9.17, 15) is 9.90 Å². The maximum absolute atomic E-state index is 11.7. The van der Waals surface area contributed by atoms with Gasteiger partial charge in [-0.1, -0.05) is 37.3 Å². The van der Waals surface area contributed by atoms with Crippen LogP contribution in [-0.2, 0) is 6.42 Å². The Morgan fingerprint density at radius 3 is 2.67 bits per heavy atom. The Hall–Kier alpha value is -1.59. The molecule has 0 bridgehead atoms. The van der Waals surface area contributed by atoms with Crippen molar-refractivity contribution in [3.05, 3.63) is 35.9 Å². The third kappa shape index (κ3) is 7.32. The average Bonchev–Trinajstić information content (AvgIpc) is 2.60. The van der Waals surface area contributed by atoms with E-state index in [-0.39, 0.29) is 6.03 Å². The average molecular weight is 333 g/mol. The molecule has 0 spiro atoms. The highest BCUT2D eigenvalue weighted by Crippen LogP contribution is 2.15. The first-order valence-corrected chi connectivity index (χ1v) is 9.09. The van der Waals surface area contributed by atoms with Crippen molar-refractivity contribution in [3.63, 3.8) is 0 Å². The van der Waals surface area contributed by atoms with E-state index in [4.69, 9.17) is 0 Å². The van der Waals surface area contributed by atoms with Gasteiger partial charge in [0.25, 0.3) is 0 Å². The monoisotopic (exact) mass is 333 g/mol. The minimum atomic E-state index is -0.506. The summed E-state index contributed by atoms with van der Waals surface area (Å²) in [5.74, 6) is 0.790. The maximum atomic E-state index is 11.7. The fourth-order valence-corrected chi connectivity index (χ4v) is 3.02. The first-order valence-electron chi connectivity index (χ1n) is 9.09. The summed E-state index contributed by atoms with van der Waals surface area (Å²) in [6, 6.07) is 10.1. The van der Waals surface area contributed by atoms with Gasteiger partial charge in [-0.25, -0.2) is 4.79 Å². The van der Waals surface area contributed by atoms with E-state index >= 15 is 0 Å². The zero-order valence-corrected chi connectivity index (χ0v) is 14.7. The van der Waals surface area contributed by atoms with E-state index in [1.54, 1.807) is 0 Å². The predicted molar refractivity (Wildman–Crippen MR) is 97.0 cm³/mol. The molecule has 2 amide bonds. The molecule has 1 aliphatic rings. The molecular formula is C19H31N3O2. The van der Waals surface area contributed by atoms with Gasteiger partial charge >= 0.3 is 6.03 Å². The Labute approximate surface area is 145 Å². The zero-order valence-electron chi connectivity index (χ0n) is 14.7. The van der Waals surface area contributed by atoms with Crippen molar-refractivity contribution >= 4 is 6.03 Å². The summed E-state index contributed by atoms with van der Waals surface area (Å²) in [5.41, 5.74) is 1.28. The summed E-state index contributed by atoms with van der Waals surface area (Å²) in [4.78, 5) is 14.0. The van der Waals surface area contributed by atoms with Gasteiger partial charge in [0, 0.05) is 19.6 Å². The summed E-state index contributed by atoms with van der Waals surface area (Å²) in [5, 5.41) is 15.6. The second-order valence-corrected chi connectivity index (χ2v) is 6.86. The number of hydrogen-bond acceptors (Lipinski definition) is 3. The first kappa shape index (κ1) is 18.7. The highest BCUT2D eigenvalue weighted by Gasteiger charge is 2.18. The largest absolute Gasteiger partial charge is 0.390 e. The Bertz CT molecular complexity index is 473. The van der Waals surface area contributed by atoms with Gasteiger partial charge in [0.1, 0.15) is 0 Å². The van der Waals surface area contributed by atoms with Crippen LogP contribution in [0.15, 0.2) is 30.3 Å². The number of aryl methyl sites for hydroxylation is 1. The second kappa shape index (κ2) is 10.3. The number of rotatable bonds is 8. The highest BCUT2D eigenvalue weighted by molar-refractivity contribution is 5.73. The lowest BCUT2D eigenvalue weighted by atomic mass is 9.99. The van der Waals surface area contributed by atoms with E-state index in [0.717, 1.165) is 31.8 Å². The normalized spacial score (nSPS) is 17.4. The Kier molecular flexibility index (Phi) is 8.05. The Morgan fingerprint density at radius 1 is 1.25 bits per heavy atom. The number of piperidine rings is 1. The molecule has 1 heterocycles. The molecular weight excluding hydrogens is 302 g/mol. The van der Waals surface area contributed by atoms with E-state index in [1.807, 2.05) is 18.2 Å². The number of β-amino-alcohol motifs (C(OH)–C–C–N with tert-alkyl or cyclic N) is 1. The molecule has 0 aliphatic carbocycles. The van der Waals surface area contributed by atoms with E-state index in [0.29, 0.717) is 19.6 Å². The number of nitrogens with zero attached hydrogens (tertiary/aromatic N) is 1. The van der Waals surface area contributed by atoms with E-state index in [2.05, 4.69) is 34.6 Å². The van der Waals surface area contributed by atoms with Crippen molar-refractivity contribution in [3.8, 4) is 0 Å². The molecule has 3 N–H and O–H groups in total. The summed E-state index contributed by atoms with van der Waals surface area (Å²) < 4.78 is 0. The molecule has 1 atom stereocenters. The zero-order chi connectivity index (χ0) is 17.2. The molecule has 0 aromatic heterocycles. The van der Waals surface area contributed by atoms with Gasteiger partial charge in [0.05, 0.1) is 6.10 Å². The molecule has 0 radical (unpaired) electrons. The molecule has 1 unspecified atom stereocenters. The Balaban J connectivity index is 1.51. The van der Waals surface area contributed by atoms with Gasteiger partial charge in [-0.3, -0.25) is 0 Å². The minimum Gasteiger partial charge on any atom is -0.390 e. The first-order chi connectivity index (χ1) is 11.6. The van der Waals surface area contributed by atoms with Crippen LogP contribution in [0.1, 0.15) is 31.7 Å². The molecule has 1 aromatic rings. The number of nitrogens with one attached hydrogen (secondary N) is 2. The van der Waals surface area contributed by atoms with Crippen LogP contribution in [0.5, 0.6) is 0 Å². The highest BCUT2D eigenvalue weighted by atomic mass is 16.3. The molecule has 1 saturated heterocycles. The van der Waals surface area contributed by atoms with Gasteiger partial charge in [-0.2, -0.15) is 0 Å². The van der Waals surface area contributed by atoms with Crippen LogP contribution in [0.25, 0.3) is 0 Å². The summed E-state index contributed by atoms with van der Waals surface area (Å²) in [6.45, 7) is 5.95. The lowest BCUT2D eigenvalue weighted by Crippen LogP contribution is -2.45. The van der Waals surface area contributed by atoms with Gasteiger partial charge in [0.15, 0.2) is 0 Å². The van der Waals surface area contributed by atoms with Crippen molar-refractivity contribution in [2.24, 2.45) is 5.92 Å². The molecule has 2 rings (SSSR count). The van der Waals surface area contributed by atoms with Crippen LogP contribution in [0.2, 0.25) is 0 Å². The van der Waals surface area contributed by atoms with Crippen molar-refractivity contribution < 1.29 is 9.90 Å². The fraction of sp³-hybridized carbons (Fsp3) is 0.632. The van der Waals surface area contributed by atoms with Crippen LogP contribution in [0.3, 0.4) is 0 Å². The topological polar surface area (TPSA) is 64.6 Å². The molecule has 134 valence electrons. The molecule has 24 heavy (non-hydrogen) atoms. The number of aliphatic hydroxyl groups excluding tert-OH is 1. The van der Waals surface area contributed by atoms with E-state index < -0.39 is 6.10 Å². The lowest BCUT2D eigenvalue weighted by molar-refractivity contribution is 0.0920. The van der Waals surface area contributed by atoms with Crippen molar-refractivity contribution in [2.45, 2.75) is 38.7 Å². The van der Waals surface area contributed by atoms with Crippen LogP contribution < -0.4 is 10.6 Å². The van der Waals surface area contributed by atoms with E-state index in [1.165, 1.54) is 18.4 Å². The lowest BCUT2D eigenvalue weighted by Gasteiger charge is -2.31. The number of urea groups is 1. The van der Waals surface area contributed by atoms with Gasteiger partial charge < -0.3 is 20.6 Å². The summed E-state index contributed by atoms with van der Waals surface area (Å²) in [7, 11) is 0. The fourth-order valence-electron chi connectivity index (χ4n) is 3.02. The summed E-state index contributed by atoms with van der Waals surface area (Å²) in [6.07, 6.45) is 3.75. The molecule has 5 heteroatoms. The number of carbonyl (C=O) groups is 1. The van der Waals surface area contributed by atoms with Crippen molar-refractivity contribution in [2.75, 3.05) is 32.7 Å². The van der Waals surface area contributed by atoms with Crippen LogP contribution in [0, 0.1) is 5.92 Å². The predicted octanol–water partition coefficient (Wildman–Crippen LogP) is 2.01. The SMILES string of the molecule is CC1CCN(CC(O)CNC(=O)NCCCc2ccccc2)CC1. The Morgan fingerprint density at radius 2 is 1.96 bits per heavy atom. The quantitative estimate of drug-likeness (QED) is 0.638. The third-order valence-electron chi connectivity index (χ3n) is 4.61.